The first-order valence-electron chi connectivity index (χ1n) is 6.12. The van der Waals surface area contributed by atoms with E-state index in [1.165, 1.54) is 7.11 Å². The van der Waals surface area contributed by atoms with Crippen molar-refractivity contribution in [3.8, 4) is 0 Å². The lowest BCUT2D eigenvalue weighted by Crippen LogP contribution is -2.27. The van der Waals surface area contributed by atoms with Crippen LogP contribution < -0.4 is 5.32 Å². The normalized spacial score (nSPS) is 16.8. The molecule has 2 rings (SSSR count). The van der Waals surface area contributed by atoms with E-state index in [0.717, 1.165) is 42.6 Å². The summed E-state index contributed by atoms with van der Waals surface area (Å²) in [6.07, 6.45) is 2.18. The summed E-state index contributed by atoms with van der Waals surface area (Å²) in [5.41, 5.74) is 2.98. The third kappa shape index (κ3) is 2.67. The number of nitrogens with one attached hydrogen (secondary N) is 1. The van der Waals surface area contributed by atoms with E-state index >= 15 is 0 Å². The van der Waals surface area contributed by atoms with Crippen LogP contribution in [0.3, 0.4) is 0 Å². The Hall–Kier alpha value is -1.35. The van der Waals surface area contributed by atoms with Gasteiger partial charge in [-0.3, -0.25) is 0 Å². The molecule has 1 heterocycles. The molecule has 0 aliphatic carbocycles. The van der Waals surface area contributed by atoms with Crippen LogP contribution in [0.5, 0.6) is 0 Å². The van der Waals surface area contributed by atoms with Crippen molar-refractivity contribution < 1.29 is 9.53 Å². The highest BCUT2D eigenvalue weighted by atomic mass is 16.5. The second-order valence-corrected chi connectivity index (χ2v) is 4.61. The van der Waals surface area contributed by atoms with Gasteiger partial charge in [-0.15, -0.1) is 0 Å². The Balaban J connectivity index is 2.34. The lowest BCUT2D eigenvalue weighted by atomic mass is 9.86. The Morgan fingerprint density at radius 3 is 2.71 bits per heavy atom. The van der Waals surface area contributed by atoms with Crippen LogP contribution in [-0.2, 0) is 4.74 Å². The van der Waals surface area contributed by atoms with Crippen molar-refractivity contribution in [1.82, 2.24) is 5.32 Å². The number of carbonyl (C=O) groups excluding carboxylic acids is 1. The number of hydrogen-bond donors (Lipinski definition) is 1. The molecular formula is C14H19NO2. The minimum Gasteiger partial charge on any atom is -0.465 e. The van der Waals surface area contributed by atoms with E-state index in [2.05, 4.69) is 17.4 Å². The molecule has 1 aliphatic heterocycles. The van der Waals surface area contributed by atoms with Gasteiger partial charge < -0.3 is 10.1 Å². The van der Waals surface area contributed by atoms with Gasteiger partial charge in [0.25, 0.3) is 0 Å². The maximum absolute atomic E-state index is 11.8. The van der Waals surface area contributed by atoms with Gasteiger partial charge in [-0.05, 0) is 50.4 Å². The first kappa shape index (κ1) is 12.1. The molecule has 0 unspecified atom stereocenters. The van der Waals surface area contributed by atoms with Crippen LogP contribution in [0.25, 0.3) is 0 Å². The largest absolute Gasteiger partial charge is 0.465 e. The summed E-state index contributed by atoms with van der Waals surface area (Å²) in [6.45, 7) is 4.05. The standard InChI is InChI=1S/C14H19NO2/c1-10-3-4-12(11-5-7-15-8-6-11)13(9-10)14(16)17-2/h3-4,9,11,15H,5-8H2,1-2H3. The predicted octanol–water partition coefficient (Wildman–Crippen LogP) is 2.25. The first-order chi connectivity index (χ1) is 8.22. The molecule has 1 aromatic carbocycles. The van der Waals surface area contributed by atoms with Crippen molar-refractivity contribution in [2.75, 3.05) is 20.2 Å². The van der Waals surface area contributed by atoms with Crippen molar-refractivity contribution >= 4 is 5.97 Å². The van der Waals surface area contributed by atoms with Gasteiger partial charge in [0.05, 0.1) is 12.7 Å². The molecule has 0 spiro atoms. The zero-order valence-electron chi connectivity index (χ0n) is 10.5. The molecule has 3 heteroatoms. The topological polar surface area (TPSA) is 38.3 Å². The molecule has 0 amide bonds. The van der Waals surface area contributed by atoms with Gasteiger partial charge in [-0.25, -0.2) is 4.79 Å². The van der Waals surface area contributed by atoms with Crippen molar-refractivity contribution in [1.29, 1.82) is 0 Å². The summed E-state index contributed by atoms with van der Waals surface area (Å²) in [7, 11) is 1.44. The van der Waals surface area contributed by atoms with E-state index in [0.29, 0.717) is 5.92 Å². The number of hydrogen-bond acceptors (Lipinski definition) is 3. The molecule has 0 saturated carbocycles. The van der Waals surface area contributed by atoms with E-state index < -0.39 is 0 Å². The summed E-state index contributed by atoms with van der Waals surface area (Å²) in [4.78, 5) is 11.8. The second kappa shape index (κ2) is 5.32. The van der Waals surface area contributed by atoms with Gasteiger partial charge in [0.2, 0.25) is 0 Å². The number of piperidine rings is 1. The average Bonchev–Trinajstić information content (AvgIpc) is 2.38. The Labute approximate surface area is 102 Å². The van der Waals surface area contributed by atoms with Gasteiger partial charge >= 0.3 is 5.97 Å². The Morgan fingerprint density at radius 2 is 2.06 bits per heavy atom. The number of methoxy groups -OCH3 is 1. The van der Waals surface area contributed by atoms with E-state index in [4.69, 9.17) is 4.74 Å². The molecule has 0 bridgehead atoms. The highest BCUT2D eigenvalue weighted by molar-refractivity contribution is 5.91. The molecule has 1 aliphatic rings. The van der Waals surface area contributed by atoms with Gasteiger partial charge in [-0.2, -0.15) is 0 Å². The molecule has 1 N–H and O–H groups in total. The van der Waals surface area contributed by atoms with Crippen molar-refractivity contribution in [3.05, 3.63) is 34.9 Å². The van der Waals surface area contributed by atoms with Crippen LogP contribution in [-0.4, -0.2) is 26.2 Å². The summed E-state index contributed by atoms with van der Waals surface area (Å²) in [5.74, 6) is 0.258. The molecule has 0 aromatic heterocycles. The first-order valence-corrected chi connectivity index (χ1v) is 6.12. The summed E-state index contributed by atoms with van der Waals surface area (Å²) in [5, 5.41) is 3.34. The lowest BCUT2D eigenvalue weighted by molar-refractivity contribution is 0.0598. The summed E-state index contributed by atoms with van der Waals surface area (Å²) in [6, 6.07) is 6.09. The van der Waals surface area contributed by atoms with E-state index in [1.807, 2.05) is 13.0 Å². The molecule has 1 saturated heterocycles. The number of esters is 1. The van der Waals surface area contributed by atoms with Crippen LogP contribution in [0, 0.1) is 6.92 Å². The van der Waals surface area contributed by atoms with Crippen molar-refractivity contribution in [2.45, 2.75) is 25.7 Å². The number of ether oxygens (including phenoxy) is 1. The number of rotatable bonds is 2. The van der Waals surface area contributed by atoms with Crippen LogP contribution in [0.15, 0.2) is 18.2 Å². The number of benzene rings is 1. The molecule has 0 radical (unpaired) electrons. The highest BCUT2D eigenvalue weighted by Gasteiger charge is 2.21. The molecule has 1 fully saturated rings. The third-order valence-electron chi connectivity index (χ3n) is 3.39. The van der Waals surface area contributed by atoms with Crippen LogP contribution >= 0.6 is 0 Å². The van der Waals surface area contributed by atoms with E-state index in [-0.39, 0.29) is 5.97 Å². The molecule has 3 nitrogen and oxygen atoms in total. The minimum atomic E-state index is -0.220. The zero-order valence-corrected chi connectivity index (χ0v) is 10.5. The SMILES string of the molecule is COC(=O)c1cc(C)ccc1C1CCNCC1. The smallest absolute Gasteiger partial charge is 0.338 e. The van der Waals surface area contributed by atoms with E-state index in [1.54, 1.807) is 0 Å². The van der Waals surface area contributed by atoms with Crippen LogP contribution in [0.4, 0.5) is 0 Å². The average molecular weight is 233 g/mol. The Morgan fingerprint density at radius 1 is 1.35 bits per heavy atom. The molecule has 1 aromatic rings. The fourth-order valence-electron chi connectivity index (χ4n) is 2.45. The number of aryl methyl sites for hydroxylation is 1. The maximum atomic E-state index is 11.8. The molecule has 0 atom stereocenters. The predicted molar refractivity (Wildman–Crippen MR) is 67.4 cm³/mol. The van der Waals surface area contributed by atoms with Gasteiger partial charge in [0, 0.05) is 0 Å². The fourth-order valence-corrected chi connectivity index (χ4v) is 2.45. The van der Waals surface area contributed by atoms with Crippen molar-refractivity contribution in [3.63, 3.8) is 0 Å². The van der Waals surface area contributed by atoms with E-state index in [9.17, 15) is 4.79 Å². The lowest BCUT2D eigenvalue weighted by Gasteiger charge is -2.24. The molecule has 17 heavy (non-hydrogen) atoms. The fraction of sp³-hybridized carbons (Fsp3) is 0.500. The third-order valence-corrected chi connectivity index (χ3v) is 3.39. The summed E-state index contributed by atoms with van der Waals surface area (Å²) >= 11 is 0. The summed E-state index contributed by atoms with van der Waals surface area (Å²) < 4.78 is 4.87. The number of carbonyl (C=O) groups is 1. The monoisotopic (exact) mass is 233 g/mol. The maximum Gasteiger partial charge on any atom is 0.338 e. The second-order valence-electron chi connectivity index (χ2n) is 4.61. The van der Waals surface area contributed by atoms with Crippen LogP contribution in [0.1, 0.15) is 40.2 Å². The highest BCUT2D eigenvalue weighted by Crippen LogP contribution is 2.29. The van der Waals surface area contributed by atoms with Gasteiger partial charge in [-0.1, -0.05) is 17.7 Å². The quantitative estimate of drug-likeness (QED) is 0.796. The van der Waals surface area contributed by atoms with Gasteiger partial charge in [0.1, 0.15) is 0 Å². The van der Waals surface area contributed by atoms with Crippen LogP contribution in [0.2, 0.25) is 0 Å². The zero-order chi connectivity index (χ0) is 12.3. The minimum absolute atomic E-state index is 0.220. The van der Waals surface area contributed by atoms with Crippen molar-refractivity contribution in [2.24, 2.45) is 0 Å². The molecular weight excluding hydrogens is 214 g/mol. The Bertz CT molecular complexity index is 409. The molecule has 92 valence electrons. The Kier molecular flexibility index (Phi) is 3.79. The van der Waals surface area contributed by atoms with Gasteiger partial charge in [0.15, 0.2) is 0 Å².